The highest BCUT2D eigenvalue weighted by molar-refractivity contribution is 5.47. The second kappa shape index (κ2) is 4.54. The van der Waals surface area contributed by atoms with Gasteiger partial charge in [0.2, 0.25) is 0 Å². The average Bonchev–Trinajstić information content (AvgIpc) is 2.65. The van der Waals surface area contributed by atoms with E-state index in [0.717, 1.165) is 17.1 Å². The standard InChI is InChI=1S/C13H13N3/c1-16-9-8-15-13(16)7-3-5-11-4-2-6-12(14)10-11/h2,4,6,8-10H,7,14H2,1H3. The van der Waals surface area contributed by atoms with Crippen molar-refractivity contribution in [2.24, 2.45) is 7.05 Å². The lowest BCUT2D eigenvalue weighted by atomic mass is 10.2. The van der Waals surface area contributed by atoms with Crippen LogP contribution in [0.15, 0.2) is 36.7 Å². The number of imidazole rings is 1. The monoisotopic (exact) mass is 211 g/mol. The van der Waals surface area contributed by atoms with E-state index in [0.29, 0.717) is 6.42 Å². The van der Waals surface area contributed by atoms with Crippen molar-refractivity contribution in [3.05, 3.63) is 48.0 Å². The number of rotatable bonds is 1. The van der Waals surface area contributed by atoms with Crippen LogP contribution in [0, 0.1) is 11.8 Å². The Morgan fingerprint density at radius 2 is 2.31 bits per heavy atom. The predicted octanol–water partition coefficient (Wildman–Crippen LogP) is 1.60. The molecule has 80 valence electrons. The van der Waals surface area contributed by atoms with E-state index in [9.17, 15) is 0 Å². The van der Waals surface area contributed by atoms with E-state index < -0.39 is 0 Å². The molecular weight excluding hydrogens is 198 g/mol. The molecular formula is C13H13N3. The number of nitrogens with two attached hydrogens (primary N) is 1. The second-order valence-electron chi connectivity index (χ2n) is 3.56. The smallest absolute Gasteiger partial charge is 0.120 e. The Morgan fingerprint density at radius 3 is 3.00 bits per heavy atom. The molecule has 0 saturated carbocycles. The molecule has 3 nitrogen and oxygen atoms in total. The molecule has 1 heterocycles. The van der Waals surface area contributed by atoms with Gasteiger partial charge in [-0.3, -0.25) is 0 Å². The van der Waals surface area contributed by atoms with Crippen LogP contribution in [0.3, 0.4) is 0 Å². The fourth-order valence-corrected chi connectivity index (χ4v) is 1.41. The summed E-state index contributed by atoms with van der Waals surface area (Å²) in [5.41, 5.74) is 7.34. The summed E-state index contributed by atoms with van der Waals surface area (Å²) in [7, 11) is 1.96. The molecule has 2 rings (SSSR count). The van der Waals surface area contributed by atoms with Gasteiger partial charge in [0.15, 0.2) is 0 Å². The molecule has 0 aliphatic carbocycles. The molecule has 0 saturated heterocycles. The molecule has 2 N–H and O–H groups in total. The van der Waals surface area contributed by atoms with Crippen LogP contribution in [-0.4, -0.2) is 9.55 Å². The third kappa shape index (κ3) is 2.43. The Bertz CT molecular complexity index is 544. The Balaban J connectivity index is 2.09. The van der Waals surface area contributed by atoms with Gasteiger partial charge in [0.1, 0.15) is 5.82 Å². The van der Waals surface area contributed by atoms with Gasteiger partial charge in [0.25, 0.3) is 0 Å². The van der Waals surface area contributed by atoms with Crippen molar-refractivity contribution in [3.8, 4) is 11.8 Å². The number of aryl methyl sites for hydroxylation is 1. The topological polar surface area (TPSA) is 43.8 Å². The number of nitrogens with zero attached hydrogens (tertiary/aromatic N) is 2. The van der Waals surface area contributed by atoms with Crippen molar-refractivity contribution in [1.29, 1.82) is 0 Å². The van der Waals surface area contributed by atoms with Crippen LogP contribution in [0.25, 0.3) is 0 Å². The molecule has 3 heteroatoms. The average molecular weight is 211 g/mol. The Labute approximate surface area is 94.9 Å². The van der Waals surface area contributed by atoms with Crippen molar-refractivity contribution >= 4 is 5.69 Å². The molecule has 0 spiro atoms. The molecule has 1 aromatic heterocycles. The zero-order valence-corrected chi connectivity index (χ0v) is 9.14. The lowest BCUT2D eigenvalue weighted by Gasteiger charge is -1.95. The number of hydrogen-bond acceptors (Lipinski definition) is 2. The minimum absolute atomic E-state index is 0.651. The van der Waals surface area contributed by atoms with Gasteiger partial charge in [-0.25, -0.2) is 4.98 Å². The Hall–Kier alpha value is -2.21. The first kappa shape index (κ1) is 10.3. The quantitative estimate of drug-likeness (QED) is 0.575. The molecule has 0 unspecified atom stereocenters. The zero-order chi connectivity index (χ0) is 11.4. The largest absolute Gasteiger partial charge is 0.399 e. The van der Waals surface area contributed by atoms with Gasteiger partial charge in [0, 0.05) is 30.7 Å². The molecule has 0 fully saturated rings. The normalized spacial score (nSPS) is 9.56. The molecule has 0 aliphatic rings. The predicted molar refractivity (Wildman–Crippen MR) is 64.6 cm³/mol. The van der Waals surface area contributed by atoms with Crippen LogP contribution in [0.1, 0.15) is 11.4 Å². The summed E-state index contributed by atoms with van der Waals surface area (Å²) in [6.45, 7) is 0. The summed E-state index contributed by atoms with van der Waals surface area (Å²) in [4.78, 5) is 4.20. The fraction of sp³-hybridized carbons (Fsp3) is 0.154. The summed E-state index contributed by atoms with van der Waals surface area (Å²) >= 11 is 0. The first-order valence-electron chi connectivity index (χ1n) is 5.06. The fourth-order valence-electron chi connectivity index (χ4n) is 1.41. The molecule has 16 heavy (non-hydrogen) atoms. The Morgan fingerprint density at radius 1 is 1.44 bits per heavy atom. The van der Waals surface area contributed by atoms with Crippen molar-refractivity contribution in [3.63, 3.8) is 0 Å². The van der Waals surface area contributed by atoms with Gasteiger partial charge in [-0.15, -0.1) is 0 Å². The second-order valence-corrected chi connectivity index (χ2v) is 3.56. The summed E-state index contributed by atoms with van der Waals surface area (Å²) in [6.07, 6.45) is 4.34. The molecule has 2 aromatic rings. The number of aromatic nitrogens is 2. The van der Waals surface area contributed by atoms with E-state index >= 15 is 0 Å². The number of anilines is 1. The highest BCUT2D eigenvalue weighted by Crippen LogP contribution is 2.04. The minimum Gasteiger partial charge on any atom is -0.399 e. The van der Waals surface area contributed by atoms with Crippen LogP contribution < -0.4 is 5.73 Å². The van der Waals surface area contributed by atoms with Gasteiger partial charge in [-0.05, 0) is 18.2 Å². The van der Waals surface area contributed by atoms with E-state index in [4.69, 9.17) is 5.73 Å². The van der Waals surface area contributed by atoms with E-state index in [1.165, 1.54) is 0 Å². The molecule has 0 bridgehead atoms. The lowest BCUT2D eigenvalue weighted by molar-refractivity contribution is 0.836. The SMILES string of the molecule is Cn1ccnc1CC#Cc1cccc(N)c1. The van der Waals surface area contributed by atoms with Gasteiger partial charge in [-0.1, -0.05) is 17.9 Å². The summed E-state index contributed by atoms with van der Waals surface area (Å²) in [6, 6.07) is 7.57. The summed E-state index contributed by atoms with van der Waals surface area (Å²) in [5, 5.41) is 0. The van der Waals surface area contributed by atoms with Gasteiger partial charge >= 0.3 is 0 Å². The van der Waals surface area contributed by atoms with Crippen LogP contribution >= 0.6 is 0 Å². The van der Waals surface area contributed by atoms with Crippen molar-refractivity contribution in [1.82, 2.24) is 9.55 Å². The van der Waals surface area contributed by atoms with E-state index in [-0.39, 0.29) is 0 Å². The molecule has 0 amide bonds. The minimum atomic E-state index is 0.651. The third-order valence-electron chi connectivity index (χ3n) is 2.29. The van der Waals surface area contributed by atoms with Gasteiger partial charge in [-0.2, -0.15) is 0 Å². The van der Waals surface area contributed by atoms with Gasteiger partial charge in [0.05, 0.1) is 6.42 Å². The highest BCUT2D eigenvalue weighted by atomic mass is 15.0. The van der Waals surface area contributed by atoms with Crippen LogP contribution in [0.2, 0.25) is 0 Å². The van der Waals surface area contributed by atoms with Crippen LogP contribution in [0.4, 0.5) is 5.69 Å². The first-order chi connectivity index (χ1) is 7.75. The summed E-state index contributed by atoms with van der Waals surface area (Å²) < 4.78 is 1.97. The summed E-state index contributed by atoms with van der Waals surface area (Å²) in [5.74, 6) is 7.12. The van der Waals surface area contributed by atoms with E-state index in [1.54, 1.807) is 6.20 Å². The maximum atomic E-state index is 5.66. The number of benzene rings is 1. The highest BCUT2D eigenvalue weighted by Gasteiger charge is 1.94. The van der Waals surface area contributed by atoms with Crippen LogP contribution in [0.5, 0.6) is 0 Å². The van der Waals surface area contributed by atoms with Gasteiger partial charge < -0.3 is 10.3 Å². The third-order valence-corrected chi connectivity index (χ3v) is 2.29. The molecule has 0 atom stereocenters. The maximum Gasteiger partial charge on any atom is 0.120 e. The van der Waals surface area contributed by atoms with E-state index in [2.05, 4.69) is 16.8 Å². The number of nitrogen functional groups attached to an aromatic ring is 1. The molecule has 0 aliphatic heterocycles. The van der Waals surface area contributed by atoms with Crippen molar-refractivity contribution in [2.45, 2.75) is 6.42 Å². The Kier molecular flexibility index (Phi) is 2.93. The van der Waals surface area contributed by atoms with E-state index in [1.807, 2.05) is 42.1 Å². The van der Waals surface area contributed by atoms with Crippen LogP contribution in [-0.2, 0) is 13.5 Å². The molecule has 0 radical (unpaired) electrons. The van der Waals surface area contributed by atoms with Crippen molar-refractivity contribution < 1.29 is 0 Å². The molecule has 1 aromatic carbocycles. The first-order valence-corrected chi connectivity index (χ1v) is 5.06. The van der Waals surface area contributed by atoms with Crippen molar-refractivity contribution in [2.75, 3.05) is 5.73 Å². The maximum absolute atomic E-state index is 5.66. The zero-order valence-electron chi connectivity index (χ0n) is 9.14. The lowest BCUT2D eigenvalue weighted by Crippen LogP contribution is -1.95. The number of hydrogen-bond donors (Lipinski definition) is 1.